The Balaban J connectivity index is 2.14. The molecular weight excluding hydrogens is 243 g/mol. The molecular formula is C12H8ClFN2O. The Kier molecular flexibility index (Phi) is 3.35. The summed E-state index contributed by atoms with van der Waals surface area (Å²) in [5, 5.41) is 2.83. The van der Waals surface area contributed by atoms with E-state index in [0.717, 1.165) is 0 Å². The van der Waals surface area contributed by atoms with Gasteiger partial charge < -0.3 is 5.32 Å². The van der Waals surface area contributed by atoms with Crippen LogP contribution in [0.15, 0.2) is 42.5 Å². The fourth-order valence-corrected chi connectivity index (χ4v) is 1.43. The number of benzene rings is 1. The van der Waals surface area contributed by atoms with Gasteiger partial charge in [-0.2, -0.15) is 0 Å². The molecule has 1 aromatic carbocycles. The quantitative estimate of drug-likeness (QED) is 0.832. The molecule has 2 rings (SSSR count). The summed E-state index contributed by atoms with van der Waals surface area (Å²) in [6, 6.07) is 10.2. The maximum Gasteiger partial charge on any atom is 0.274 e. The highest BCUT2D eigenvalue weighted by atomic mass is 35.5. The summed E-state index contributed by atoms with van der Waals surface area (Å²) in [7, 11) is 0. The Bertz CT molecular complexity index is 542. The van der Waals surface area contributed by atoms with E-state index in [1.807, 2.05) is 0 Å². The summed E-state index contributed by atoms with van der Waals surface area (Å²) in [6.45, 7) is 0. The van der Waals surface area contributed by atoms with Gasteiger partial charge in [0, 0.05) is 5.69 Å². The largest absolute Gasteiger partial charge is 0.321 e. The molecule has 5 heteroatoms. The predicted molar refractivity (Wildman–Crippen MR) is 63.6 cm³/mol. The molecule has 0 spiro atoms. The fourth-order valence-electron chi connectivity index (χ4n) is 1.26. The fraction of sp³-hybridized carbons (Fsp3) is 0. The van der Waals surface area contributed by atoms with E-state index < -0.39 is 0 Å². The average molecular weight is 251 g/mol. The van der Waals surface area contributed by atoms with Gasteiger partial charge >= 0.3 is 0 Å². The van der Waals surface area contributed by atoms with Crippen LogP contribution < -0.4 is 5.32 Å². The average Bonchev–Trinajstić information content (AvgIpc) is 2.32. The van der Waals surface area contributed by atoms with Gasteiger partial charge in [-0.25, -0.2) is 9.37 Å². The number of pyridine rings is 1. The van der Waals surface area contributed by atoms with Crippen LogP contribution in [0.2, 0.25) is 5.15 Å². The third-order valence-electron chi connectivity index (χ3n) is 2.05. The van der Waals surface area contributed by atoms with Gasteiger partial charge in [0.2, 0.25) is 0 Å². The SMILES string of the molecule is O=C(Nc1ccc(F)cc1)c1cccc(Cl)n1. The van der Waals surface area contributed by atoms with E-state index in [4.69, 9.17) is 11.6 Å². The molecule has 0 fully saturated rings. The number of aromatic nitrogens is 1. The number of hydrogen-bond donors (Lipinski definition) is 1. The molecule has 0 atom stereocenters. The van der Waals surface area contributed by atoms with Gasteiger partial charge in [0.25, 0.3) is 5.91 Å². The van der Waals surface area contributed by atoms with Crippen molar-refractivity contribution in [1.82, 2.24) is 4.98 Å². The van der Waals surface area contributed by atoms with E-state index in [1.54, 1.807) is 18.2 Å². The lowest BCUT2D eigenvalue weighted by Crippen LogP contribution is -2.13. The molecule has 0 saturated carbocycles. The minimum absolute atomic E-state index is 0.210. The maximum atomic E-state index is 12.7. The zero-order valence-electron chi connectivity index (χ0n) is 8.65. The van der Waals surface area contributed by atoms with Gasteiger partial charge in [0.1, 0.15) is 16.7 Å². The summed E-state index contributed by atoms with van der Waals surface area (Å²) in [5.41, 5.74) is 0.708. The van der Waals surface area contributed by atoms with Crippen LogP contribution in [-0.2, 0) is 0 Å². The molecule has 17 heavy (non-hydrogen) atoms. The smallest absolute Gasteiger partial charge is 0.274 e. The number of carbonyl (C=O) groups excluding carboxylic acids is 1. The van der Waals surface area contributed by atoms with Crippen LogP contribution in [0.4, 0.5) is 10.1 Å². The lowest BCUT2D eigenvalue weighted by atomic mass is 10.3. The number of amides is 1. The highest BCUT2D eigenvalue weighted by molar-refractivity contribution is 6.29. The van der Waals surface area contributed by atoms with Crippen LogP contribution in [0.1, 0.15) is 10.5 Å². The molecule has 0 saturated heterocycles. The summed E-state index contributed by atoms with van der Waals surface area (Å²) in [4.78, 5) is 15.6. The van der Waals surface area contributed by atoms with Crippen molar-refractivity contribution in [2.45, 2.75) is 0 Å². The minimum atomic E-state index is -0.390. The molecule has 0 bridgehead atoms. The predicted octanol–water partition coefficient (Wildman–Crippen LogP) is 3.13. The standard InChI is InChI=1S/C12H8ClFN2O/c13-11-3-1-2-10(16-11)12(17)15-9-6-4-8(14)5-7-9/h1-7H,(H,15,17). The lowest BCUT2D eigenvalue weighted by molar-refractivity contribution is 0.102. The lowest BCUT2D eigenvalue weighted by Gasteiger charge is -2.04. The number of nitrogens with zero attached hydrogens (tertiary/aromatic N) is 1. The van der Waals surface area contributed by atoms with Gasteiger partial charge in [-0.1, -0.05) is 17.7 Å². The van der Waals surface area contributed by atoms with Crippen molar-refractivity contribution in [1.29, 1.82) is 0 Å². The summed E-state index contributed by atoms with van der Waals surface area (Å²) in [5.74, 6) is -0.747. The normalized spacial score (nSPS) is 10.0. The van der Waals surface area contributed by atoms with Gasteiger partial charge in [0.05, 0.1) is 0 Å². The first kappa shape index (κ1) is 11.5. The summed E-state index contributed by atoms with van der Waals surface area (Å²) in [6.07, 6.45) is 0. The molecule has 0 radical (unpaired) electrons. The van der Waals surface area contributed by atoms with Crippen LogP contribution in [-0.4, -0.2) is 10.9 Å². The van der Waals surface area contributed by atoms with Crippen molar-refractivity contribution in [3.63, 3.8) is 0 Å². The Morgan fingerprint density at radius 1 is 1.18 bits per heavy atom. The first-order valence-corrected chi connectivity index (χ1v) is 5.22. The third kappa shape index (κ3) is 3.01. The van der Waals surface area contributed by atoms with Crippen molar-refractivity contribution < 1.29 is 9.18 Å². The second kappa shape index (κ2) is 4.93. The topological polar surface area (TPSA) is 42.0 Å². The zero-order valence-corrected chi connectivity index (χ0v) is 9.41. The molecule has 1 N–H and O–H groups in total. The first-order valence-electron chi connectivity index (χ1n) is 4.84. The first-order chi connectivity index (χ1) is 8.15. The number of rotatable bonds is 2. The van der Waals surface area contributed by atoms with Crippen molar-refractivity contribution >= 4 is 23.2 Å². The van der Waals surface area contributed by atoms with E-state index in [0.29, 0.717) is 5.69 Å². The molecule has 0 unspecified atom stereocenters. The van der Waals surface area contributed by atoms with Gasteiger partial charge in [0.15, 0.2) is 0 Å². The Morgan fingerprint density at radius 3 is 2.53 bits per heavy atom. The van der Waals surface area contributed by atoms with Crippen LogP contribution in [0.5, 0.6) is 0 Å². The van der Waals surface area contributed by atoms with E-state index in [2.05, 4.69) is 10.3 Å². The molecule has 2 aromatic rings. The molecule has 1 amide bonds. The number of anilines is 1. The van der Waals surface area contributed by atoms with Crippen molar-refractivity contribution in [3.05, 3.63) is 59.1 Å². The number of carbonyl (C=O) groups is 1. The van der Waals surface area contributed by atoms with E-state index in [-0.39, 0.29) is 22.6 Å². The summed E-state index contributed by atoms with van der Waals surface area (Å²) < 4.78 is 12.7. The monoisotopic (exact) mass is 250 g/mol. The van der Waals surface area contributed by atoms with Crippen molar-refractivity contribution in [2.24, 2.45) is 0 Å². The summed E-state index contributed by atoms with van der Waals surface area (Å²) >= 11 is 5.67. The van der Waals surface area contributed by atoms with Crippen molar-refractivity contribution in [2.75, 3.05) is 5.32 Å². The minimum Gasteiger partial charge on any atom is -0.321 e. The maximum absolute atomic E-state index is 12.7. The second-order valence-electron chi connectivity index (χ2n) is 3.31. The Labute approximate surface area is 102 Å². The molecule has 1 heterocycles. The van der Waals surface area contributed by atoms with Crippen molar-refractivity contribution in [3.8, 4) is 0 Å². The number of halogens is 2. The van der Waals surface area contributed by atoms with Crippen LogP contribution in [0.25, 0.3) is 0 Å². The highest BCUT2D eigenvalue weighted by Crippen LogP contribution is 2.11. The van der Waals surface area contributed by atoms with E-state index >= 15 is 0 Å². The van der Waals surface area contributed by atoms with Crippen LogP contribution in [0, 0.1) is 5.82 Å². The van der Waals surface area contributed by atoms with E-state index in [1.165, 1.54) is 24.3 Å². The molecule has 3 nitrogen and oxygen atoms in total. The molecule has 0 aliphatic carbocycles. The van der Waals surface area contributed by atoms with Gasteiger partial charge in [-0.3, -0.25) is 4.79 Å². The zero-order chi connectivity index (χ0) is 12.3. The van der Waals surface area contributed by atoms with Gasteiger partial charge in [-0.15, -0.1) is 0 Å². The molecule has 0 aliphatic heterocycles. The number of hydrogen-bond acceptors (Lipinski definition) is 2. The molecule has 86 valence electrons. The Hall–Kier alpha value is -1.94. The molecule has 0 aliphatic rings. The third-order valence-corrected chi connectivity index (χ3v) is 2.26. The molecule has 1 aromatic heterocycles. The van der Waals surface area contributed by atoms with E-state index in [9.17, 15) is 9.18 Å². The highest BCUT2D eigenvalue weighted by Gasteiger charge is 2.07. The number of nitrogens with one attached hydrogen (secondary N) is 1. The van der Waals surface area contributed by atoms with Crippen LogP contribution in [0.3, 0.4) is 0 Å². The Morgan fingerprint density at radius 2 is 1.88 bits per heavy atom. The second-order valence-corrected chi connectivity index (χ2v) is 3.69. The van der Waals surface area contributed by atoms with Gasteiger partial charge in [-0.05, 0) is 36.4 Å². The van der Waals surface area contributed by atoms with Crippen LogP contribution >= 0.6 is 11.6 Å².